The fourth-order valence-corrected chi connectivity index (χ4v) is 1.72. The van der Waals surface area contributed by atoms with Crippen LogP contribution >= 0.6 is 0 Å². The van der Waals surface area contributed by atoms with Gasteiger partial charge in [0, 0.05) is 13.0 Å². The summed E-state index contributed by atoms with van der Waals surface area (Å²) in [7, 11) is 0. The lowest BCUT2D eigenvalue weighted by molar-refractivity contribution is -0.140. The van der Waals surface area contributed by atoms with Crippen molar-refractivity contribution >= 4 is 17.8 Å². The number of ether oxygens (including phenoxy) is 1. The average Bonchev–Trinajstić information content (AvgIpc) is 2.45. The number of ketones is 1. The number of rotatable bonds is 9. The molecule has 3 N–H and O–H groups in total. The zero-order valence-corrected chi connectivity index (χ0v) is 12.0. The molecule has 1 atom stereocenters. The summed E-state index contributed by atoms with van der Waals surface area (Å²) >= 11 is 0. The fourth-order valence-electron chi connectivity index (χ4n) is 1.72. The molecule has 22 heavy (non-hydrogen) atoms. The van der Waals surface area contributed by atoms with E-state index in [1.165, 1.54) is 0 Å². The van der Waals surface area contributed by atoms with Crippen LogP contribution in [-0.4, -0.2) is 40.7 Å². The van der Waals surface area contributed by atoms with Gasteiger partial charge in [0.1, 0.15) is 18.8 Å². The molecule has 0 radical (unpaired) electrons. The van der Waals surface area contributed by atoms with E-state index in [4.69, 9.17) is 9.84 Å². The standard InChI is InChI=1S/C15H19NO6/c17-12(8-13(18)9-14(19)20)6-7-16-15(21)22-10-11-4-2-1-3-5-11/h1-5,12,17H,6-10H2,(H,16,21)(H,19,20)/t12-/m1/s1. The number of Topliss-reactive ketones (excluding diaryl/α,β-unsaturated/α-hetero) is 1. The van der Waals surface area contributed by atoms with E-state index in [0.717, 1.165) is 5.56 Å². The minimum Gasteiger partial charge on any atom is -0.481 e. The molecule has 7 heteroatoms. The molecule has 0 saturated carbocycles. The second kappa shape index (κ2) is 9.51. The Morgan fingerprint density at radius 3 is 2.50 bits per heavy atom. The molecule has 1 amide bonds. The molecule has 120 valence electrons. The summed E-state index contributed by atoms with van der Waals surface area (Å²) in [4.78, 5) is 32.9. The number of alkyl carbamates (subject to hydrolysis) is 1. The SMILES string of the molecule is O=C(O)CC(=O)C[C@H](O)CCNC(=O)OCc1ccccc1. The van der Waals surface area contributed by atoms with Crippen molar-refractivity contribution in [3.63, 3.8) is 0 Å². The predicted octanol–water partition coefficient (Wildman–Crippen LogP) is 1.10. The van der Waals surface area contributed by atoms with Crippen LogP contribution in [0.15, 0.2) is 30.3 Å². The summed E-state index contributed by atoms with van der Waals surface area (Å²) in [6, 6.07) is 9.18. The molecule has 0 aromatic heterocycles. The molecular formula is C15H19NO6. The quantitative estimate of drug-likeness (QED) is 0.589. The summed E-state index contributed by atoms with van der Waals surface area (Å²) in [5, 5.41) is 20.4. The number of hydrogen-bond acceptors (Lipinski definition) is 5. The van der Waals surface area contributed by atoms with Crippen molar-refractivity contribution in [1.29, 1.82) is 0 Å². The van der Waals surface area contributed by atoms with Gasteiger partial charge < -0.3 is 20.3 Å². The first-order chi connectivity index (χ1) is 10.5. The van der Waals surface area contributed by atoms with Gasteiger partial charge in [-0.15, -0.1) is 0 Å². The highest BCUT2D eigenvalue weighted by Gasteiger charge is 2.14. The van der Waals surface area contributed by atoms with Crippen molar-refractivity contribution in [2.45, 2.75) is 32.0 Å². The normalized spacial score (nSPS) is 11.5. The molecule has 7 nitrogen and oxygen atoms in total. The molecule has 1 rings (SSSR count). The maximum absolute atomic E-state index is 11.4. The van der Waals surface area contributed by atoms with Crippen LogP contribution in [0, 0.1) is 0 Å². The lowest BCUT2D eigenvalue weighted by Gasteiger charge is -2.10. The van der Waals surface area contributed by atoms with Crippen LogP contribution < -0.4 is 5.32 Å². The van der Waals surface area contributed by atoms with Crippen molar-refractivity contribution in [1.82, 2.24) is 5.32 Å². The van der Waals surface area contributed by atoms with Crippen LogP contribution in [0.5, 0.6) is 0 Å². The molecule has 0 fully saturated rings. The van der Waals surface area contributed by atoms with Gasteiger partial charge in [-0.05, 0) is 12.0 Å². The number of aliphatic hydroxyl groups is 1. The lowest BCUT2D eigenvalue weighted by atomic mass is 10.1. The van der Waals surface area contributed by atoms with Crippen LogP contribution in [0.4, 0.5) is 4.79 Å². The maximum Gasteiger partial charge on any atom is 0.407 e. The van der Waals surface area contributed by atoms with Crippen LogP contribution in [-0.2, 0) is 20.9 Å². The number of carboxylic acids is 1. The van der Waals surface area contributed by atoms with E-state index in [0.29, 0.717) is 0 Å². The predicted molar refractivity (Wildman–Crippen MR) is 77.1 cm³/mol. The molecule has 1 aromatic rings. The average molecular weight is 309 g/mol. The van der Waals surface area contributed by atoms with Crippen molar-refractivity contribution in [3.8, 4) is 0 Å². The number of nitrogens with one attached hydrogen (secondary N) is 1. The number of aliphatic hydroxyl groups excluding tert-OH is 1. The first-order valence-corrected chi connectivity index (χ1v) is 6.83. The third kappa shape index (κ3) is 8.01. The first-order valence-electron chi connectivity index (χ1n) is 6.83. The van der Waals surface area contributed by atoms with Gasteiger partial charge in [-0.1, -0.05) is 30.3 Å². The van der Waals surface area contributed by atoms with Crippen molar-refractivity contribution in [2.75, 3.05) is 6.54 Å². The lowest BCUT2D eigenvalue weighted by Crippen LogP contribution is -2.28. The Kier molecular flexibility index (Phi) is 7.63. The Hall–Kier alpha value is -2.41. The van der Waals surface area contributed by atoms with Crippen LogP contribution in [0.1, 0.15) is 24.8 Å². The highest BCUT2D eigenvalue weighted by atomic mass is 16.5. The highest BCUT2D eigenvalue weighted by molar-refractivity contribution is 5.94. The van der Waals surface area contributed by atoms with Gasteiger partial charge in [-0.2, -0.15) is 0 Å². The Balaban J connectivity index is 2.14. The zero-order chi connectivity index (χ0) is 16.4. The summed E-state index contributed by atoms with van der Waals surface area (Å²) < 4.78 is 4.97. The smallest absolute Gasteiger partial charge is 0.407 e. The van der Waals surface area contributed by atoms with E-state index in [2.05, 4.69) is 5.32 Å². The summed E-state index contributed by atoms with van der Waals surface area (Å²) in [6.07, 6.45) is -2.31. The van der Waals surface area contributed by atoms with E-state index in [1.54, 1.807) is 0 Å². The van der Waals surface area contributed by atoms with Gasteiger partial charge in [0.15, 0.2) is 0 Å². The van der Waals surface area contributed by atoms with Gasteiger partial charge in [0.2, 0.25) is 0 Å². The Bertz CT molecular complexity index is 502. The van der Waals surface area contributed by atoms with Crippen molar-refractivity contribution in [2.24, 2.45) is 0 Å². The molecule has 0 saturated heterocycles. The minimum atomic E-state index is -1.22. The maximum atomic E-state index is 11.4. The number of aliphatic carboxylic acids is 1. The molecule has 0 aliphatic rings. The Labute approximate surface area is 127 Å². The summed E-state index contributed by atoms with van der Waals surface area (Å²) in [6.45, 7) is 0.279. The van der Waals surface area contributed by atoms with Gasteiger partial charge >= 0.3 is 12.1 Å². The van der Waals surface area contributed by atoms with E-state index in [-0.39, 0.29) is 26.0 Å². The molecule has 0 aliphatic heterocycles. The van der Waals surface area contributed by atoms with Crippen molar-refractivity contribution in [3.05, 3.63) is 35.9 Å². The van der Waals surface area contributed by atoms with E-state index in [1.807, 2.05) is 30.3 Å². The number of hydrogen-bond donors (Lipinski definition) is 3. The number of carboxylic acid groups (broad SMARTS) is 1. The second-order valence-electron chi connectivity index (χ2n) is 4.74. The molecule has 1 aromatic carbocycles. The monoisotopic (exact) mass is 309 g/mol. The number of amides is 1. The zero-order valence-electron chi connectivity index (χ0n) is 12.0. The first kappa shape index (κ1) is 17.6. The Morgan fingerprint density at radius 2 is 1.86 bits per heavy atom. The van der Waals surface area contributed by atoms with Crippen LogP contribution in [0.3, 0.4) is 0 Å². The van der Waals surface area contributed by atoms with Gasteiger partial charge in [0.05, 0.1) is 6.10 Å². The molecule has 0 heterocycles. The number of carbonyl (C=O) groups excluding carboxylic acids is 2. The molecule has 0 aliphatic carbocycles. The van der Waals surface area contributed by atoms with Crippen molar-refractivity contribution < 1.29 is 29.3 Å². The van der Waals surface area contributed by atoms with Gasteiger partial charge in [-0.25, -0.2) is 4.79 Å². The largest absolute Gasteiger partial charge is 0.481 e. The fraction of sp³-hybridized carbons (Fsp3) is 0.400. The van der Waals surface area contributed by atoms with E-state index < -0.39 is 30.4 Å². The minimum absolute atomic E-state index is 0.134. The van der Waals surface area contributed by atoms with Gasteiger partial charge in [0.25, 0.3) is 0 Å². The molecular weight excluding hydrogens is 290 g/mol. The van der Waals surface area contributed by atoms with Crippen LogP contribution in [0.25, 0.3) is 0 Å². The summed E-state index contributed by atoms with van der Waals surface area (Å²) in [5.41, 5.74) is 0.858. The second-order valence-corrected chi connectivity index (χ2v) is 4.74. The highest BCUT2D eigenvalue weighted by Crippen LogP contribution is 2.02. The topological polar surface area (TPSA) is 113 Å². The summed E-state index contributed by atoms with van der Waals surface area (Å²) in [5.74, 6) is -1.77. The van der Waals surface area contributed by atoms with E-state index in [9.17, 15) is 19.5 Å². The van der Waals surface area contributed by atoms with E-state index >= 15 is 0 Å². The molecule has 0 unspecified atom stereocenters. The Morgan fingerprint density at radius 1 is 1.18 bits per heavy atom. The molecule has 0 bridgehead atoms. The third-order valence-electron chi connectivity index (χ3n) is 2.77. The third-order valence-corrected chi connectivity index (χ3v) is 2.77. The molecule has 0 spiro atoms. The number of carbonyl (C=O) groups is 3. The van der Waals surface area contributed by atoms with Gasteiger partial charge in [-0.3, -0.25) is 9.59 Å². The van der Waals surface area contributed by atoms with Crippen LogP contribution in [0.2, 0.25) is 0 Å². The number of benzene rings is 1.